The lowest BCUT2D eigenvalue weighted by molar-refractivity contribution is 0.0235. The van der Waals surface area contributed by atoms with Gasteiger partial charge in [0.25, 0.3) is 0 Å². The minimum atomic E-state index is 0.384. The molecular weight excluding hydrogens is 256 g/mol. The van der Waals surface area contributed by atoms with E-state index in [1.54, 1.807) is 0 Å². The quantitative estimate of drug-likeness (QED) is 0.844. The molecule has 2 saturated carbocycles. The highest BCUT2D eigenvalue weighted by Gasteiger charge is 2.38. The van der Waals surface area contributed by atoms with E-state index in [9.17, 15) is 0 Å². The van der Waals surface area contributed by atoms with Crippen molar-refractivity contribution in [1.29, 1.82) is 0 Å². The second kappa shape index (κ2) is 6.58. The van der Waals surface area contributed by atoms with Gasteiger partial charge < -0.3 is 5.32 Å². The van der Waals surface area contributed by atoms with Gasteiger partial charge in [0, 0.05) is 31.7 Å². The summed E-state index contributed by atoms with van der Waals surface area (Å²) in [5.74, 6) is 1.97. The Bertz CT molecular complexity index is 323. The van der Waals surface area contributed by atoms with Gasteiger partial charge in [-0.25, -0.2) is 0 Å². The molecule has 3 fully saturated rings. The number of nitrogens with one attached hydrogen (secondary N) is 1. The van der Waals surface area contributed by atoms with Crippen LogP contribution in [0.5, 0.6) is 0 Å². The van der Waals surface area contributed by atoms with Gasteiger partial charge in [0.2, 0.25) is 0 Å². The van der Waals surface area contributed by atoms with Crippen LogP contribution in [0.1, 0.15) is 72.1 Å². The smallest absolute Gasteiger partial charge is 0.0249 e. The van der Waals surface area contributed by atoms with Crippen molar-refractivity contribution in [2.75, 3.05) is 19.6 Å². The molecule has 2 nitrogen and oxygen atoms in total. The summed E-state index contributed by atoms with van der Waals surface area (Å²) in [4.78, 5) is 2.91. The third-order valence-electron chi connectivity index (χ3n) is 6.42. The van der Waals surface area contributed by atoms with Crippen molar-refractivity contribution < 1.29 is 0 Å². The zero-order chi connectivity index (χ0) is 14.9. The summed E-state index contributed by atoms with van der Waals surface area (Å²) in [6.45, 7) is 11.1. The van der Waals surface area contributed by atoms with Crippen molar-refractivity contribution in [3.05, 3.63) is 0 Å². The normalized spacial score (nSPS) is 33.9. The van der Waals surface area contributed by atoms with Gasteiger partial charge in [0.1, 0.15) is 0 Å². The zero-order valence-corrected chi connectivity index (χ0v) is 14.5. The van der Waals surface area contributed by atoms with E-state index in [0.29, 0.717) is 11.5 Å². The SMILES string of the molecule is CC(C)(C)C1CN(CC2CCC2)C(C2CCCCC2)CN1. The molecule has 1 N–H and O–H groups in total. The first-order valence-electron chi connectivity index (χ1n) is 9.51. The number of piperazine rings is 1. The number of hydrogen-bond donors (Lipinski definition) is 1. The van der Waals surface area contributed by atoms with E-state index in [2.05, 4.69) is 31.0 Å². The fourth-order valence-corrected chi connectivity index (χ4v) is 4.61. The number of hydrogen-bond acceptors (Lipinski definition) is 2. The molecule has 2 unspecified atom stereocenters. The molecule has 1 saturated heterocycles. The first-order valence-corrected chi connectivity index (χ1v) is 9.51. The molecule has 0 aromatic heterocycles. The maximum atomic E-state index is 3.90. The lowest BCUT2D eigenvalue weighted by Gasteiger charge is -2.50. The molecule has 1 heterocycles. The molecule has 21 heavy (non-hydrogen) atoms. The van der Waals surface area contributed by atoms with Crippen LogP contribution in [0.2, 0.25) is 0 Å². The van der Waals surface area contributed by atoms with E-state index >= 15 is 0 Å². The largest absolute Gasteiger partial charge is 0.311 e. The minimum absolute atomic E-state index is 0.384. The van der Waals surface area contributed by atoms with Gasteiger partial charge in [-0.1, -0.05) is 46.5 Å². The van der Waals surface area contributed by atoms with Crippen LogP contribution in [-0.4, -0.2) is 36.6 Å². The number of nitrogens with zero attached hydrogens (tertiary/aromatic N) is 1. The molecule has 0 aromatic rings. The van der Waals surface area contributed by atoms with E-state index < -0.39 is 0 Å². The standard InChI is InChI=1S/C19H36N2/c1-19(2,3)18-14-21(13-15-8-7-9-15)17(12-20-18)16-10-5-4-6-11-16/h15-18,20H,4-14H2,1-3H3. The van der Waals surface area contributed by atoms with Crippen molar-refractivity contribution in [3.63, 3.8) is 0 Å². The van der Waals surface area contributed by atoms with Crippen molar-refractivity contribution >= 4 is 0 Å². The van der Waals surface area contributed by atoms with Gasteiger partial charge in [-0.2, -0.15) is 0 Å². The summed E-state index contributed by atoms with van der Waals surface area (Å²) >= 11 is 0. The predicted molar refractivity (Wildman–Crippen MR) is 90.5 cm³/mol. The Morgan fingerprint density at radius 2 is 1.67 bits per heavy atom. The summed E-state index contributed by atoms with van der Waals surface area (Å²) in [5.41, 5.74) is 0.384. The monoisotopic (exact) mass is 292 g/mol. The summed E-state index contributed by atoms with van der Waals surface area (Å²) in [6.07, 6.45) is 11.8. The fraction of sp³-hybridized carbons (Fsp3) is 1.00. The molecule has 122 valence electrons. The summed E-state index contributed by atoms with van der Waals surface area (Å²) in [5, 5.41) is 3.90. The highest BCUT2D eigenvalue weighted by atomic mass is 15.2. The molecule has 2 aliphatic carbocycles. The molecule has 0 amide bonds. The highest BCUT2D eigenvalue weighted by molar-refractivity contribution is 4.95. The molecule has 0 bridgehead atoms. The van der Waals surface area contributed by atoms with Crippen LogP contribution in [0.3, 0.4) is 0 Å². The summed E-state index contributed by atoms with van der Waals surface area (Å²) in [7, 11) is 0. The van der Waals surface area contributed by atoms with Gasteiger partial charge in [-0.05, 0) is 42.9 Å². The zero-order valence-electron chi connectivity index (χ0n) is 14.5. The fourth-order valence-electron chi connectivity index (χ4n) is 4.61. The van der Waals surface area contributed by atoms with E-state index in [4.69, 9.17) is 0 Å². The molecular formula is C19H36N2. The van der Waals surface area contributed by atoms with Crippen LogP contribution in [0.4, 0.5) is 0 Å². The van der Waals surface area contributed by atoms with Crippen LogP contribution in [-0.2, 0) is 0 Å². The molecule has 0 spiro atoms. The van der Waals surface area contributed by atoms with E-state index in [0.717, 1.165) is 17.9 Å². The molecule has 2 atom stereocenters. The Hall–Kier alpha value is -0.0800. The van der Waals surface area contributed by atoms with E-state index in [1.807, 2.05) is 0 Å². The van der Waals surface area contributed by atoms with Crippen LogP contribution in [0.25, 0.3) is 0 Å². The highest BCUT2D eigenvalue weighted by Crippen LogP contribution is 2.35. The Balaban J connectivity index is 1.65. The molecule has 0 radical (unpaired) electrons. The lowest BCUT2D eigenvalue weighted by Crippen LogP contribution is -2.63. The third-order valence-corrected chi connectivity index (χ3v) is 6.42. The van der Waals surface area contributed by atoms with Gasteiger partial charge in [-0.3, -0.25) is 4.90 Å². The third kappa shape index (κ3) is 3.82. The second-order valence-electron chi connectivity index (χ2n) is 9.04. The average molecular weight is 293 g/mol. The Morgan fingerprint density at radius 3 is 2.24 bits per heavy atom. The Kier molecular flexibility index (Phi) is 4.95. The first kappa shape index (κ1) is 15.8. The topological polar surface area (TPSA) is 15.3 Å². The molecule has 3 aliphatic rings. The van der Waals surface area contributed by atoms with E-state index in [-0.39, 0.29) is 0 Å². The summed E-state index contributed by atoms with van der Waals surface area (Å²) < 4.78 is 0. The van der Waals surface area contributed by atoms with Gasteiger partial charge in [0.05, 0.1) is 0 Å². The Labute approximate surface area is 132 Å². The second-order valence-corrected chi connectivity index (χ2v) is 9.04. The van der Waals surface area contributed by atoms with Gasteiger partial charge >= 0.3 is 0 Å². The predicted octanol–water partition coefficient (Wildman–Crippen LogP) is 4.06. The molecule has 3 rings (SSSR count). The maximum absolute atomic E-state index is 3.90. The van der Waals surface area contributed by atoms with E-state index in [1.165, 1.54) is 71.0 Å². The molecule has 0 aromatic carbocycles. The Morgan fingerprint density at radius 1 is 0.952 bits per heavy atom. The van der Waals surface area contributed by atoms with Crippen molar-refractivity contribution in [2.45, 2.75) is 84.2 Å². The van der Waals surface area contributed by atoms with Crippen molar-refractivity contribution in [2.24, 2.45) is 17.3 Å². The van der Waals surface area contributed by atoms with Crippen LogP contribution in [0, 0.1) is 17.3 Å². The van der Waals surface area contributed by atoms with Gasteiger partial charge in [0.15, 0.2) is 0 Å². The summed E-state index contributed by atoms with van der Waals surface area (Å²) in [6, 6.07) is 1.49. The molecule has 2 heteroatoms. The van der Waals surface area contributed by atoms with Crippen LogP contribution in [0.15, 0.2) is 0 Å². The average Bonchev–Trinajstić information content (AvgIpc) is 2.43. The lowest BCUT2D eigenvalue weighted by atomic mass is 9.78. The van der Waals surface area contributed by atoms with Crippen LogP contribution >= 0.6 is 0 Å². The number of rotatable bonds is 3. The van der Waals surface area contributed by atoms with Crippen molar-refractivity contribution in [3.8, 4) is 0 Å². The minimum Gasteiger partial charge on any atom is -0.311 e. The van der Waals surface area contributed by atoms with Crippen molar-refractivity contribution in [1.82, 2.24) is 10.2 Å². The molecule has 1 aliphatic heterocycles. The maximum Gasteiger partial charge on any atom is 0.0249 e. The van der Waals surface area contributed by atoms with Gasteiger partial charge in [-0.15, -0.1) is 0 Å². The first-order chi connectivity index (χ1) is 10.0. The van der Waals surface area contributed by atoms with Crippen LogP contribution < -0.4 is 5.32 Å².